The number of rotatable bonds is 13. The van der Waals surface area contributed by atoms with Gasteiger partial charge in [0.1, 0.15) is 0 Å². The van der Waals surface area contributed by atoms with E-state index in [1.165, 1.54) is 48.5 Å². The van der Waals surface area contributed by atoms with Gasteiger partial charge in [-0.3, -0.25) is 4.79 Å². The number of hydrogen-bond donors (Lipinski definition) is 3. The third-order valence-electron chi connectivity index (χ3n) is 4.18. The Labute approximate surface area is 193 Å². The summed E-state index contributed by atoms with van der Waals surface area (Å²) in [4.78, 5) is 12.2. The van der Waals surface area contributed by atoms with Gasteiger partial charge in [-0.1, -0.05) is 11.6 Å². The SMILES string of the molecule is CCOCCCNS(=O)(=O)c1ccc(NC(=O)CCNS(=O)(=O)c2ccc(Cl)cc2)cc1. The smallest absolute Gasteiger partial charge is 0.240 e. The summed E-state index contributed by atoms with van der Waals surface area (Å²) < 4.78 is 58.9. The zero-order valence-electron chi connectivity index (χ0n) is 17.5. The first kappa shape index (κ1) is 26.2. The highest BCUT2D eigenvalue weighted by Gasteiger charge is 2.15. The maximum atomic E-state index is 12.3. The number of sulfonamides is 2. The minimum atomic E-state index is -3.75. The summed E-state index contributed by atoms with van der Waals surface area (Å²) in [5.74, 6) is -0.423. The lowest BCUT2D eigenvalue weighted by Crippen LogP contribution is -2.28. The van der Waals surface area contributed by atoms with E-state index in [0.29, 0.717) is 30.3 Å². The van der Waals surface area contributed by atoms with Gasteiger partial charge in [-0.25, -0.2) is 26.3 Å². The molecule has 176 valence electrons. The zero-order valence-corrected chi connectivity index (χ0v) is 19.9. The fourth-order valence-electron chi connectivity index (χ4n) is 2.55. The molecule has 0 spiro atoms. The van der Waals surface area contributed by atoms with Crippen molar-refractivity contribution in [1.29, 1.82) is 0 Å². The van der Waals surface area contributed by atoms with Crippen molar-refractivity contribution in [3.05, 3.63) is 53.6 Å². The van der Waals surface area contributed by atoms with Crippen molar-refractivity contribution >= 4 is 43.2 Å². The fraction of sp³-hybridized carbons (Fsp3) is 0.350. The monoisotopic (exact) mass is 503 g/mol. The first-order chi connectivity index (χ1) is 15.1. The predicted octanol–water partition coefficient (Wildman–Crippen LogP) is 2.35. The Kier molecular flexibility index (Phi) is 10.1. The number of ether oxygens (including phenoxy) is 1. The number of carbonyl (C=O) groups excluding carboxylic acids is 1. The molecule has 0 saturated carbocycles. The van der Waals surface area contributed by atoms with Gasteiger partial charge in [-0.2, -0.15) is 0 Å². The standard InChI is InChI=1S/C20H26ClN3O6S2/c1-2-30-15-3-13-22-31(26,27)19-10-6-17(7-11-19)24-20(25)12-14-23-32(28,29)18-8-4-16(21)5-9-18/h4-11,22-23H,2-3,12-15H2,1H3,(H,24,25). The van der Waals surface area contributed by atoms with Crippen molar-refractivity contribution in [3.63, 3.8) is 0 Å². The lowest BCUT2D eigenvalue weighted by molar-refractivity contribution is -0.116. The van der Waals surface area contributed by atoms with Gasteiger partial charge in [0, 0.05) is 43.4 Å². The van der Waals surface area contributed by atoms with Crippen molar-refractivity contribution < 1.29 is 26.4 Å². The molecule has 0 bridgehead atoms. The molecule has 0 atom stereocenters. The second-order valence-corrected chi connectivity index (χ2v) is 10.6. The summed E-state index contributed by atoms with van der Waals surface area (Å²) in [5, 5.41) is 3.01. The summed E-state index contributed by atoms with van der Waals surface area (Å²) >= 11 is 5.75. The highest BCUT2D eigenvalue weighted by Crippen LogP contribution is 2.15. The van der Waals surface area contributed by atoms with Crippen LogP contribution in [-0.2, 0) is 29.6 Å². The summed E-state index contributed by atoms with van der Waals surface area (Å²) in [5.41, 5.74) is 0.394. The molecule has 2 aromatic carbocycles. The minimum Gasteiger partial charge on any atom is -0.382 e. The molecule has 0 heterocycles. The first-order valence-corrected chi connectivity index (χ1v) is 13.2. The molecule has 2 aromatic rings. The largest absolute Gasteiger partial charge is 0.382 e. The van der Waals surface area contributed by atoms with Crippen molar-refractivity contribution in [2.24, 2.45) is 0 Å². The van der Waals surface area contributed by atoms with Crippen LogP contribution in [-0.4, -0.2) is 49.0 Å². The lowest BCUT2D eigenvalue weighted by atomic mass is 10.3. The molecule has 0 aliphatic rings. The number of halogens is 1. The van der Waals surface area contributed by atoms with Gasteiger partial charge in [0.25, 0.3) is 0 Å². The molecule has 3 N–H and O–H groups in total. The van der Waals surface area contributed by atoms with Crippen LogP contribution in [0.25, 0.3) is 0 Å². The summed E-state index contributed by atoms with van der Waals surface area (Å²) in [6.45, 7) is 3.07. The van der Waals surface area contributed by atoms with Crippen molar-refractivity contribution in [2.45, 2.75) is 29.6 Å². The molecule has 0 unspecified atom stereocenters. The Balaban J connectivity index is 1.81. The van der Waals surface area contributed by atoms with Crippen molar-refractivity contribution in [3.8, 4) is 0 Å². The number of hydrogen-bond acceptors (Lipinski definition) is 6. The highest BCUT2D eigenvalue weighted by atomic mass is 35.5. The van der Waals surface area contributed by atoms with Crippen LogP contribution in [0, 0.1) is 0 Å². The van der Waals surface area contributed by atoms with Gasteiger partial charge in [-0.15, -0.1) is 0 Å². The lowest BCUT2D eigenvalue weighted by Gasteiger charge is -2.09. The Bertz CT molecular complexity index is 1090. The number of nitrogens with one attached hydrogen (secondary N) is 3. The van der Waals surface area contributed by atoms with Crippen LogP contribution < -0.4 is 14.8 Å². The maximum Gasteiger partial charge on any atom is 0.240 e. The fourth-order valence-corrected chi connectivity index (χ4v) is 4.78. The quantitative estimate of drug-likeness (QED) is 0.360. The van der Waals surface area contributed by atoms with Crippen LogP contribution in [0.3, 0.4) is 0 Å². The third-order valence-corrected chi connectivity index (χ3v) is 7.38. The predicted molar refractivity (Wildman–Crippen MR) is 123 cm³/mol. The molecule has 0 saturated heterocycles. The molecule has 1 amide bonds. The molecule has 2 rings (SSSR count). The topological polar surface area (TPSA) is 131 Å². The molecule has 0 aliphatic heterocycles. The molecule has 0 aliphatic carbocycles. The Morgan fingerprint density at radius 2 is 1.41 bits per heavy atom. The highest BCUT2D eigenvalue weighted by molar-refractivity contribution is 7.89. The molecule has 0 radical (unpaired) electrons. The maximum absolute atomic E-state index is 12.3. The average Bonchev–Trinajstić information content (AvgIpc) is 2.74. The molecule has 0 fully saturated rings. The number of amides is 1. The molecular weight excluding hydrogens is 478 g/mol. The second kappa shape index (κ2) is 12.3. The van der Waals surface area contributed by atoms with Crippen LogP contribution >= 0.6 is 11.6 Å². The average molecular weight is 504 g/mol. The number of anilines is 1. The first-order valence-electron chi connectivity index (χ1n) is 9.86. The van der Waals surface area contributed by atoms with E-state index in [1.54, 1.807) is 0 Å². The molecular formula is C20H26ClN3O6S2. The molecule has 12 heteroatoms. The second-order valence-electron chi connectivity index (χ2n) is 6.62. The van der Waals surface area contributed by atoms with Gasteiger partial charge >= 0.3 is 0 Å². The van der Waals surface area contributed by atoms with Gasteiger partial charge in [-0.05, 0) is 61.9 Å². The van der Waals surface area contributed by atoms with Crippen molar-refractivity contribution in [2.75, 3.05) is 31.6 Å². The van der Waals surface area contributed by atoms with E-state index in [2.05, 4.69) is 14.8 Å². The van der Waals surface area contributed by atoms with Gasteiger partial charge < -0.3 is 10.1 Å². The minimum absolute atomic E-state index is 0.0469. The number of benzene rings is 2. The van der Waals surface area contributed by atoms with Crippen LogP contribution in [0.4, 0.5) is 5.69 Å². The van der Waals surface area contributed by atoms with Crippen LogP contribution in [0.5, 0.6) is 0 Å². The summed E-state index contributed by atoms with van der Waals surface area (Å²) in [6.07, 6.45) is 0.456. The van der Waals surface area contributed by atoms with E-state index < -0.39 is 26.0 Å². The van der Waals surface area contributed by atoms with Crippen molar-refractivity contribution in [1.82, 2.24) is 9.44 Å². The Morgan fingerprint density at radius 3 is 1.97 bits per heavy atom. The van der Waals surface area contributed by atoms with Crippen LogP contribution in [0.15, 0.2) is 58.3 Å². The number of carbonyl (C=O) groups is 1. The van der Waals surface area contributed by atoms with Gasteiger partial charge in [0.15, 0.2) is 0 Å². The van der Waals surface area contributed by atoms with E-state index in [-0.39, 0.29) is 29.3 Å². The zero-order chi connectivity index (χ0) is 23.6. The third kappa shape index (κ3) is 8.49. The van der Waals surface area contributed by atoms with E-state index in [4.69, 9.17) is 16.3 Å². The van der Waals surface area contributed by atoms with E-state index in [9.17, 15) is 21.6 Å². The van der Waals surface area contributed by atoms with E-state index in [0.717, 1.165) is 0 Å². The molecule has 9 nitrogen and oxygen atoms in total. The molecule has 32 heavy (non-hydrogen) atoms. The van der Waals surface area contributed by atoms with Gasteiger partial charge in [0.05, 0.1) is 9.79 Å². The summed E-state index contributed by atoms with van der Waals surface area (Å²) in [6, 6.07) is 11.3. The van der Waals surface area contributed by atoms with Crippen LogP contribution in [0.2, 0.25) is 5.02 Å². The van der Waals surface area contributed by atoms with Crippen LogP contribution in [0.1, 0.15) is 19.8 Å². The molecule has 0 aromatic heterocycles. The van der Waals surface area contributed by atoms with E-state index in [1.807, 2.05) is 6.92 Å². The Hall–Kier alpha value is -2.02. The van der Waals surface area contributed by atoms with E-state index >= 15 is 0 Å². The Morgan fingerprint density at radius 1 is 0.875 bits per heavy atom. The normalized spacial score (nSPS) is 11.9. The van der Waals surface area contributed by atoms with Gasteiger partial charge in [0.2, 0.25) is 26.0 Å². The summed E-state index contributed by atoms with van der Waals surface area (Å²) in [7, 11) is -7.41.